The van der Waals surface area contributed by atoms with Crippen LogP contribution in [-0.4, -0.2) is 37.8 Å². The van der Waals surface area contributed by atoms with E-state index in [9.17, 15) is 0 Å². The summed E-state index contributed by atoms with van der Waals surface area (Å²) < 4.78 is 5.77. The van der Waals surface area contributed by atoms with Gasteiger partial charge < -0.3 is 15.0 Å². The molecule has 0 radical (unpaired) electrons. The number of pyridine rings is 1. The highest BCUT2D eigenvalue weighted by atomic mass is 35.5. The average molecular weight is 332 g/mol. The van der Waals surface area contributed by atoms with Gasteiger partial charge in [-0.1, -0.05) is 30.1 Å². The summed E-state index contributed by atoms with van der Waals surface area (Å²) in [4.78, 5) is 6.62. The number of nitrogens with zero attached hydrogens (tertiary/aromatic N) is 2. The summed E-state index contributed by atoms with van der Waals surface area (Å²) in [5.74, 6) is 1.43. The molecule has 21 heavy (non-hydrogen) atoms. The minimum absolute atomic E-state index is 0.254. The van der Waals surface area contributed by atoms with Gasteiger partial charge in [0, 0.05) is 26.7 Å². The third kappa shape index (κ3) is 4.63. The molecule has 1 aliphatic rings. The fourth-order valence-corrected chi connectivity index (χ4v) is 3.00. The third-order valence-corrected chi connectivity index (χ3v) is 4.13. The van der Waals surface area contributed by atoms with Crippen molar-refractivity contribution in [2.24, 2.45) is 0 Å². The molecular formula is C15H23Cl2N3O. The molecule has 1 unspecified atom stereocenters. The molecule has 0 aromatic carbocycles. The lowest BCUT2D eigenvalue weighted by Gasteiger charge is -2.28. The Morgan fingerprint density at radius 2 is 2.19 bits per heavy atom. The van der Waals surface area contributed by atoms with Crippen LogP contribution in [0.3, 0.4) is 0 Å². The molecule has 2 heterocycles. The summed E-state index contributed by atoms with van der Waals surface area (Å²) in [5.41, 5.74) is 0. The number of ether oxygens (including phenoxy) is 1. The van der Waals surface area contributed by atoms with Gasteiger partial charge in [-0.2, -0.15) is 0 Å². The number of nitrogens with one attached hydrogen (secondary N) is 1. The van der Waals surface area contributed by atoms with Gasteiger partial charge in [-0.3, -0.25) is 0 Å². The first kappa shape index (κ1) is 16.7. The van der Waals surface area contributed by atoms with Crippen molar-refractivity contribution in [3.63, 3.8) is 0 Å². The highest BCUT2D eigenvalue weighted by Gasteiger charge is 2.19. The Labute approximate surface area is 136 Å². The van der Waals surface area contributed by atoms with Crippen molar-refractivity contribution in [2.75, 3.05) is 37.0 Å². The van der Waals surface area contributed by atoms with E-state index in [1.807, 2.05) is 11.9 Å². The van der Waals surface area contributed by atoms with E-state index in [0.29, 0.717) is 15.9 Å². The number of rotatable bonds is 6. The molecule has 1 saturated heterocycles. The Morgan fingerprint density at radius 1 is 1.38 bits per heavy atom. The second-order valence-corrected chi connectivity index (χ2v) is 6.23. The highest BCUT2D eigenvalue weighted by Crippen LogP contribution is 2.31. The normalized spacial score (nSPS) is 18.6. The van der Waals surface area contributed by atoms with Crippen molar-refractivity contribution >= 4 is 34.8 Å². The second kappa shape index (κ2) is 8.06. The molecule has 4 nitrogen and oxygen atoms in total. The van der Waals surface area contributed by atoms with Crippen LogP contribution in [0.15, 0.2) is 6.07 Å². The summed E-state index contributed by atoms with van der Waals surface area (Å²) >= 11 is 12.5. The Hall–Kier alpha value is -0.710. The zero-order valence-corrected chi connectivity index (χ0v) is 14.2. The van der Waals surface area contributed by atoms with Crippen LogP contribution in [0, 0.1) is 0 Å². The Morgan fingerprint density at radius 3 is 2.86 bits per heavy atom. The molecule has 2 rings (SSSR count). The molecule has 6 heteroatoms. The van der Waals surface area contributed by atoms with Crippen molar-refractivity contribution in [3.8, 4) is 0 Å². The first-order valence-electron chi connectivity index (χ1n) is 7.54. The van der Waals surface area contributed by atoms with Gasteiger partial charge in [0.25, 0.3) is 0 Å². The summed E-state index contributed by atoms with van der Waals surface area (Å²) in [6.07, 6.45) is 4.75. The lowest BCUT2D eigenvalue weighted by atomic mass is 10.1. The SMILES string of the molecule is CCCNc1nc(N(C)CC2CCCCO2)c(Cl)cc1Cl. The van der Waals surface area contributed by atoms with E-state index in [0.717, 1.165) is 44.8 Å². The Balaban J connectivity index is 2.09. The summed E-state index contributed by atoms with van der Waals surface area (Å²) in [6.45, 7) is 4.58. The van der Waals surface area contributed by atoms with Crippen LogP contribution in [0.4, 0.5) is 11.6 Å². The van der Waals surface area contributed by atoms with Gasteiger partial charge in [-0.25, -0.2) is 4.98 Å². The maximum atomic E-state index is 6.29. The van der Waals surface area contributed by atoms with E-state index >= 15 is 0 Å². The van der Waals surface area contributed by atoms with Crippen molar-refractivity contribution in [3.05, 3.63) is 16.1 Å². The molecule has 1 N–H and O–H groups in total. The van der Waals surface area contributed by atoms with Crippen molar-refractivity contribution in [2.45, 2.75) is 38.7 Å². The third-order valence-electron chi connectivity index (χ3n) is 3.57. The fraction of sp³-hybridized carbons (Fsp3) is 0.667. The van der Waals surface area contributed by atoms with Crippen LogP contribution >= 0.6 is 23.2 Å². The molecule has 1 fully saturated rings. The van der Waals surface area contributed by atoms with E-state index in [1.165, 1.54) is 6.42 Å². The van der Waals surface area contributed by atoms with Crippen LogP contribution in [0.2, 0.25) is 10.0 Å². The highest BCUT2D eigenvalue weighted by molar-refractivity contribution is 6.37. The number of likely N-dealkylation sites (N-methyl/N-ethyl adjacent to an activating group) is 1. The minimum atomic E-state index is 0.254. The largest absolute Gasteiger partial charge is 0.376 e. The molecule has 1 aromatic rings. The quantitative estimate of drug-likeness (QED) is 0.846. The van der Waals surface area contributed by atoms with Crippen LogP contribution in [-0.2, 0) is 4.74 Å². The molecule has 0 saturated carbocycles. The van der Waals surface area contributed by atoms with Gasteiger partial charge in [0.15, 0.2) is 0 Å². The lowest BCUT2D eigenvalue weighted by molar-refractivity contribution is 0.0215. The fourth-order valence-electron chi connectivity index (χ4n) is 2.44. The zero-order chi connectivity index (χ0) is 15.2. The zero-order valence-electron chi connectivity index (χ0n) is 12.7. The summed E-state index contributed by atoms with van der Waals surface area (Å²) in [6, 6.07) is 1.75. The topological polar surface area (TPSA) is 37.4 Å². The molecule has 118 valence electrons. The number of hydrogen-bond donors (Lipinski definition) is 1. The van der Waals surface area contributed by atoms with E-state index in [4.69, 9.17) is 27.9 Å². The Bertz CT molecular complexity index is 464. The van der Waals surface area contributed by atoms with E-state index < -0.39 is 0 Å². The molecule has 1 atom stereocenters. The van der Waals surface area contributed by atoms with Crippen LogP contribution < -0.4 is 10.2 Å². The smallest absolute Gasteiger partial charge is 0.149 e. The molecule has 0 amide bonds. The van der Waals surface area contributed by atoms with Gasteiger partial charge >= 0.3 is 0 Å². The molecule has 0 spiro atoms. The number of hydrogen-bond acceptors (Lipinski definition) is 4. The predicted octanol–water partition coefficient (Wildman–Crippen LogP) is 4.22. The van der Waals surface area contributed by atoms with E-state index in [2.05, 4.69) is 17.2 Å². The monoisotopic (exact) mass is 331 g/mol. The minimum Gasteiger partial charge on any atom is -0.376 e. The van der Waals surface area contributed by atoms with Crippen molar-refractivity contribution < 1.29 is 4.74 Å². The number of aromatic nitrogens is 1. The first-order valence-corrected chi connectivity index (χ1v) is 8.30. The predicted molar refractivity (Wildman–Crippen MR) is 89.9 cm³/mol. The molecular weight excluding hydrogens is 309 g/mol. The van der Waals surface area contributed by atoms with Crippen LogP contribution in [0.5, 0.6) is 0 Å². The van der Waals surface area contributed by atoms with Gasteiger partial charge in [-0.05, 0) is 31.7 Å². The average Bonchev–Trinajstić information content (AvgIpc) is 2.47. The van der Waals surface area contributed by atoms with Crippen LogP contribution in [0.25, 0.3) is 0 Å². The number of anilines is 2. The van der Waals surface area contributed by atoms with Gasteiger partial charge in [-0.15, -0.1) is 0 Å². The van der Waals surface area contributed by atoms with Crippen molar-refractivity contribution in [1.82, 2.24) is 4.98 Å². The Kier molecular flexibility index (Phi) is 6.40. The number of halogens is 2. The van der Waals surface area contributed by atoms with Crippen molar-refractivity contribution in [1.29, 1.82) is 0 Å². The maximum Gasteiger partial charge on any atom is 0.149 e. The van der Waals surface area contributed by atoms with Gasteiger partial charge in [0.2, 0.25) is 0 Å². The van der Waals surface area contributed by atoms with E-state index in [-0.39, 0.29) is 6.10 Å². The van der Waals surface area contributed by atoms with Gasteiger partial charge in [0.1, 0.15) is 11.6 Å². The first-order chi connectivity index (χ1) is 10.1. The summed E-state index contributed by atoms with van der Waals surface area (Å²) in [5, 5.41) is 4.35. The molecule has 1 aromatic heterocycles. The molecule has 0 aliphatic carbocycles. The van der Waals surface area contributed by atoms with Gasteiger partial charge in [0.05, 0.1) is 16.1 Å². The summed E-state index contributed by atoms with van der Waals surface area (Å²) in [7, 11) is 1.99. The van der Waals surface area contributed by atoms with Crippen LogP contribution in [0.1, 0.15) is 32.6 Å². The standard InChI is InChI=1S/C15H23Cl2N3O/c1-3-7-18-14-12(16)9-13(17)15(19-14)20(2)10-11-6-4-5-8-21-11/h9,11H,3-8,10H2,1-2H3,(H,18,19). The maximum absolute atomic E-state index is 6.29. The lowest BCUT2D eigenvalue weighted by Crippen LogP contribution is -2.34. The molecule has 1 aliphatic heterocycles. The van der Waals surface area contributed by atoms with E-state index in [1.54, 1.807) is 6.07 Å². The molecule has 0 bridgehead atoms. The second-order valence-electron chi connectivity index (χ2n) is 5.42.